The van der Waals surface area contributed by atoms with E-state index in [-0.39, 0.29) is 11.9 Å². The van der Waals surface area contributed by atoms with E-state index in [4.69, 9.17) is 9.47 Å². The Kier molecular flexibility index (Phi) is 4.32. The number of nitrogens with one attached hydrogen (secondary N) is 1. The zero-order valence-electron chi connectivity index (χ0n) is 14.3. The summed E-state index contributed by atoms with van der Waals surface area (Å²) in [6.07, 6.45) is 0.944. The molecule has 130 valence electrons. The molecule has 1 N–H and O–H groups in total. The molecule has 5 nitrogen and oxygen atoms in total. The highest BCUT2D eigenvalue weighted by molar-refractivity contribution is 5.97. The molecule has 5 heteroatoms. The highest BCUT2D eigenvalue weighted by Gasteiger charge is 2.25. The van der Waals surface area contributed by atoms with Crippen LogP contribution >= 0.6 is 0 Å². The molecule has 2 aromatic rings. The van der Waals surface area contributed by atoms with Crippen LogP contribution in [0.15, 0.2) is 42.5 Å². The molecule has 25 heavy (non-hydrogen) atoms. The van der Waals surface area contributed by atoms with E-state index < -0.39 is 0 Å². The van der Waals surface area contributed by atoms with Crippen molar-refractivity contribution in [2.75, 3.05) is 26.8 Å². The topological polar surface area (TPSA) is 50.8 Å². The summed E-state index contributed by atoms with van der Waals surface area (Å²) in [7, 11) is 2.11. The Morgan fingerprint density at radius 1 is 1.12 bits per heavy atom. The molecule has 2 aliphatic rings. The molecule has 0 saturated carbocycles. The fraction of sp³-hybridized carbons (Fsp3) is 0.350. The molecule has 0 fully saturated rings. The van der Waals surface area contributed by atoms with Crippen LogP contribution in [0, 0.1) is 0 Å². The molecule has 0 aromatic heterocycles. The maximum Gasteiger partial charge on any atom is 0.255 e. The van der Waals surface area contributed by atoms with Crippen LogP contribution < -0.4 is 14.8 Å². The van der Waals surface area contributed by atoms with Crippen molar-refractivity contribution in [1.82, 2.24) is 10.2 Å². The number of likely N-dealkylation sites (N-methyl/N-ethyl adjacent to an activating group) is 1. The van der Waals surface area contributed by atoms with Crippen molar-refractivity contribution in [3.63, 3.8) is 0 Å². The standard InChI is InChI=1S/C20H22N2O3/c1-22-13-15-6-3-2-5-14(15)11-16(22)12-21-20(23)17-7-4-8-18-19(17)25-10-9-24-18/h2-8,16H,9-13H2,1H3,(H,21,23)/t16-/m1/s1. The smallest absolute Gasteiger partial charge is 0.255 e. The van der Waals surface area contributed by atoms with E-state index in [1.54, 1.807) is 6.07 Å². The zero-order valence-corrected chi connectivity index (χ0v) is 14.3. The van der Waals surface area contributed by atoms with Crippen LogP contribution in [0.4, 0.5) is 0 Å². The third-order valence-electron chi connectivity index (χ3n) is 4.93. The number of fused-ring (bicyclic) bond motifs is 2. The van der Waals surface area contributed by atoms with Gasteiger partial charge in [0, 0.05) is 19.1 Å². The normalized spacial score (nSPS) is 19.2. The molecule has 2 heterocycles. The number of amides is 1. The first-order chi connectivity index (χ1) is 12.2. The molecule has 1 amide bonds. The minimum atomic E-state index is -0.116. The van der Waals surface area contributed by atoms with Gasteiger partial charge in [-0.1, -0.05) is 30.3 Å². The van der Waals surface area contributed by atoms with E-state index in [0.717, 1.165) is 13.0 Å². The Bertz CT molecular complexity index is 790. The van der Waals surface area contributed by atoms with Crippen molar-refractivity contribution in [3.8, 4) is 11.5 Å². The van der Waals surface area contributed by atoms with E-state index in [1.165, 1.54) is 11.1 Å². The SMILES string of the molecule is CN1Cc2ccccc2C[C@@H]1CNC(=O)c1cccc2c1OCCO2. The summed E-state index contributed by atoms with van der Waals surface area (Å²) in [4.78, 5) is 14.9. The Balaban J connectivity index is 1.44. The van der Waals surface area contributed by atoms with E-state index in [1.807, 2.05) is 12.1 Å². The van der Waals surface area contributed by atoms with Gasteiger partial charge in [0.1, 0.15) is 13.2 Å². The van der Waals surface area contributed by atoms with Crippen LogP contribution in [-0.4, -0.2) is 43.7 Å². The number of carbonyl (C=O) groups excluding carboxylic acids is 1. The Morgan fingerprint density at radius 2 is 1.92 bits per heavy atom. The average Bonchev–Trinajstić information content (AvgIpc) is 2.65. The third kappa shape index (κ3) is 3.20. The minimum Gasteiger partial charge on any atom is -0.486 e. The maximum absolute atomic E-state index is 12.6. The van der Waals surface area contributed by atoms with E-state index in [9.17, 15) is 4.79 Å². The number of hydrogen-bond donors (Lipinski definition) is 1. The summed E-state index contributed by atoms with van der Waals surface area (Å²) < 4.78 is 11.2. The summed E-state index contributed by atoms with van der Waals surface area (Å²) in [5.74, 6) is 1.07. The van der Waals surface area contributed by atoms with E-state index in [0.29, 0.717) is 36.8 Å². The Hall–Kier alpha value is -2.53. The van der Waals surface area contributed by atoms with Gasteiger partial charge in [-0.25, -0.2) is 0 Å². The summed E-state index contributed by atoms with van der Waals surface area (Å²) in [6.45, 7) is 2.51. The molecule has 0 unspecified atom stereocenters. The summed E-state index contributed by atoms with van der Waals surface area (Å²) in [6, 6.07) is 14.2. The van der Waals surface area contributed by atoms with Gasteiger partial charge in [0.2, 0.25) is 0 Å². The predicted molar refractivity (Wildman–Crippen MR) is 95.2 cm³/mol. The highest BCUT2D eigenvalue weighted by atomic mass is 16.6. The lowest BCUT2D eigenvalue weighted by molar-refractivity contribution is 0.0923. The first-order valence-corrected chi connectivity index (χ1v) is 8.66. The number of hydrogen-bond acceptors (Lipinski definition) is 4. The number of ether oxygens (including phenoxy) is 2. The van der Waals surface area contributed by atoms with E-state index >= 15 is 0 Å². The second kappa shape index (κ2) is 6.76. The van der Waals surface area contributed by atoms with Crippen LogP contribution in [0.5, 0.6) is 11.5 Å². The highest BCUT2D eigenvalue weighted by Crippen LogP contribution is 2.33. The molecule has 0 bridgehead atoms. The number of benzene rings is 2. The monoisotopic (exact) mass is 338 g/mol. The first kappa shape index (κ1) is 16.0. The number of rotatable bonds is 3. The van der Waals surface area contributed by atoms with Gasteiger partial charge in [-0.3, -0.25) is 9.69 Å². The molecule has 0 spiro atoms. The minimum absolute atomic E-state index is 0.116. The van der Waals surface area contributed by atoms with Gasteiger partial charge in [0.15, 0.2) is 11.5 Å². The lowest BCUT2D eigenvalue weighted by Gasteiger charge is -2.34. The van der Waals surface area contributed by atoms with Crippen molar-refractivity contribution >= 4 is 5.91 Å². The summed E-state index contributed by atoms with van der Waals surface area (Å²) >= 11 is 0. The lowest BCUT2D eigenvalue weighted by Crippen LogP contribution is -2.45. The van der Waals surface area contributed by atoms with Gasteiger partial charge in [-0.05, 0) is 36.7 Å². The summed E-state index contributed by atoms with van der Waals surface area (Å²) in [5, 5.41) is 3.06. The fourth-order valence-electron chi connectivity index (χ4n) is 3.50. The Labute approximate surface area is 147 Å². The number of para-hydroxylation sites is 1. The molecule has 4 rings (SSSR count). The van der Waals surface area contributed by atoms with Crippen molar-refractivity contribution in [1.29, 1.82) is 0 Å². The molecule has 0 aliphatic carbocycles. The van der Waals surface area contributed by atoms with Gasteiger partial charge >= 0.3 is 0 Å². The molecule has 0 radical (unpaired) electrons. The van der Waals surface area contributed by atoms with Crippen molar-refractivity contribution in [3.05, 3.63) is 59.2 Å². The maximum atomic E-state index is 12.6. The van der Waals surface area contributed by atoms with Crippen LogP contribution in [0.3, 0.4) is 0 Å². The molecular formula is C20H22N2O3. The van der Waals surface area contributed by atoms with Crippen LogP contribution in [-0.2, 0) is 13.0 Å². The van der Waals surface area contributed by atoms with Gasteiger partial charge in [-0.15, -0.1) is 0 Å². The zero-order chi connectivity index (χ0) is 17.2. The number of carbonyl (C=O) groups is 1. The first-order valence-electron chi connectivity index (χ1n) is 8.66. The second-order valence-electron chi connectivity index (χ2n) is 6.58. The van der Waals surface area contributed by atoms with Gasteiger partial charge in [0.05, 0.1) is 5.56 Å². The Morgan fingerprint density at radius 3 is 2.80 bits per heavy atom. The predicted octanol–water partition coefficient (Wildman–Crippen LogP) is 2.24. The van der Waals surface area contributed by atoms with Gasteiger partial charge in [0.25, 0.3) is 5.91 Å². The van der Waals surface area contributed by atoms with Crippen molar-refractivity contribution in [2.24, 2.45) is 0 Å². The van der Waals surface area contributed by atoms with Crippen LogP contribution in [0.25, 0.3) is 0 Å². The largest absolute Gasteiger partial charge is 0.486 e. The van der Waals surface area contributed by atoms with Crippen molar-refractivity contribution in [2.45, 2.75) is 19.0 Å². The number of nitrogens with zero attached hydrogens (tertiary/aromatic N) is 1. The molecule has 2 aliphatic heterocycles. The van der Waals surface area contributed by atoms with Crippen LogP contribution in [0.1, 0.15) is 21.5 Å². The van der Waals surface area contributed by atoms with Crippen LogP contribution in [0.2, 0.25) is 0 Å². The average molecular weight is 338 g/mol. The molecule has 0 saturated heterocycles. The van der Waals surface area contributed by atoms with Crippen molar-refractivity contribution < 1.29 is 14.3 Å². The summed E-state index contributed by atoms with van der Waals surface area (Å²) in [5.41, 5.74) is 3.28. The quantitative estimate of drug-likeness (QED) is 0.933. The fourth-order valence-corrected chi connectivity index (χ4v) is 3.50. The second-order valence-corrected chi connectivity index (χ2v) is 6.58. The molecule has 2 aromatic carbocycles. The molecular weight excluding hydrogens is 316 g/mol. The molecule has 1 atom stereocenters. The lowest BCUT2D eigenvalue weighted by atomic mass is 9.94. The third-order valence-corrected chi connectivity index (χ3v) is 4.93. The van der Waals surface area contributed by atoms with Gasteiger partial charge in [-0.2, -0.15) is 0 Å². The van der Waals surface area contributed by atoms with E-state index in [2.05, 4.69) is 41.5 Å². The van der Waals surface area contributed by atoms with Gasteiger partial charge < -0.3 is 14.8 Å².